The lowest BCUT2D eigenvalue weighted by atomic mass is 9.40. The summed E-state index contributed by atoms with van der Waals surface area (Å²) in [6.45, 7) is 8.29. The van der Waals surface area contributed by atoms with E-state index in [1.165, 1.54) is 0 Å². The summed E-state index contributed by atoms with van der Waals surface area (Å²) in [5, 5.41) is 66.7. The van der Waals surface area contributed by atoms with Crippen LogP contribution in [-0.2, 0) is 0 Å². The zero-order chi connectivity index (χ0) is 24.4. The molecule has 4 saturated carbocycles. The number of fused-ring (bicyclic) bond motifs is 5. The minimum Gasteiger partial charge on any atom is -0.393 e. The molecule has 4 fully saturated rings. The van der Waals surface area contributed by atoms with E-state index in [-0.39, 0.29) is 42.1 Å². The molecule has 190 valence electrons. The molecule has 4 aliphatic rings. The van der Waals surface area contributed by atoms with Gasteiger partial charge in [-0.05, 0) is 87.4 Å². The molecule has 4 rings (SSSR count). The molecule has 0 aromatic heterocycles. The smallest absolute Gasteiger partial charge is 0.125 e. The number of rotatable bonds is 5. The van der Waals surface area contributed by atoms with Gasteiger partial charge in [0.2, 0.25) is 0 Å². The summed E-state index contributed by atoms with van der Waals surface area (Å²) in [6, 6.07) is 0. The van der Waals surface area contributed by atoms with Crippen molar-refractivity contribution in [3.8, 4) is 0 Å². The van der Waals surface area contributed by atoms with E-state index in [0.717, 1.165) is 31.3 Å². The highest BCUT2D eigenvalue weighted by molar-refractivity contribution is 5.28. The highest BCUT2D eigenvalue weighted by Crippen LogP contribution is 2.71. The zero-order valence-corrected chi connectivity index (χ0v) is 20.9. The summed E-state index contributed by atoms with van der Waals surface area (Å²) in [4.78, 5) is 0. The van der Waals surface area contributed by atoms with Gasteiger partial charge in [0.15, 0.2) is 0 Å². The minimum absolute atomic E-state index is 0.0489. The van der Waals surface area contributed by atoms with E-state index in [4.69, 9.17) is 0 Å². The summed E-state index contributed by atoms with van der Waals surface area (Å²) >= 11 is 0. The molecule has 0 aromatic carbocycles. The van der Waals surface area contributed by atoms with Crippen LogP contribution in [0.15, 0.2) is 11.6 Å². The first-order valence-corrected chi connectivity index (χ1v) is 13.1. The van der Waals surface area contributed by atoms with Crippen molar-refractivity contribution in [2.75, 3.05) is 6.61 Å². The summed E-state index contributed by atoms with van der Waals surface area (Å²) in [5.74, 6) is -0.0264. The van der Waals surface area contributed by atoms with Crippen LogP contribution in [0.5, 0.6) is 0 Å². The van der Waals surface area contributed by atoms with Crippen LogP contribution in [0.4, 0.5) is 0 Å². The molecule has 0 heterocycles. The van der Waals surface area contributed by atoms with E-state index in [1.54, 1.807) is 0 Å². The summed E-state index contributed by atoms with van der Waals surface area (Å²) in [5.41, 5.74) is -3.32. The van der Waals surface area contributed by atoms with Crippen LogP contribution in [-0.4, -0.2) is 66.8 Å². The molecule has 6 N–H and O–H groups in total. The molecule has 0 amide bonds. The largest absolute Gasteiger partial charge is 0.393 e. The summed E-state index contributed by atoms with van der Waals surface area (Å²) in [7, 11) is 0. The fourth-order valence-corrected chi connectivity index (χ4v) is 9.17. The monoisotopic (exact) mass is 466 g/mol. The quantitative estimate of drug-likeness (QED) is 0.346. The fraction of sp³-hybridized carbons (Fsp3) is 0.926. The number of allylic oxidation sites excluding steroid dienone is 1. The standard InChI is InChI=1S/C27H46O6/c1-16(15-28)6-5-7-17(2)19-13-23(31)27(33)25(19,4)11-9-22-24(3)10-8-18(29)12-20(24)21(30)14-26(22,27)32/h6,17-23,28-33H,5,7-15H2,1-4H3/b16-6-/t17-,18+,19-,20-,21+,22+,23-,24+,25-,26+,27-/m1/s1. The normalized spacial score (nSPS) is 53.2. The molecule has 6 nitrogen and oxygen atoms in total. The maximum atomic E-state index is 12.3. The molecule has 0 radical (unpaired) electrons. The van der Waals surface area contributed by atoms with Gasteiger partial charge in [0.05, 0.1) is 24.9 Å². The predicted octanol–water partition coefficient (Wildman–Crippen LogP) is 2.53. The lowest BCUT2D eigenvalue weighted by Crippen LogP contribution is -2.77. The molecular weight excluding hydrogens is 420 g/mol. The Balaban J connectivity index is 1.65. The van der Waals surface area contributed by atoms with Crippen molar-refractivity contribution in [3.63, 3.8) is 0 Å². The fourth-order valence-electron chi connectivity index (χ4n) is 9.17. The predicted molar refractivity (Wildman–Crippen MR) is 126 cm³/mol. The van der Waals surface area contributed by atoms with E-state index in [1.807, 2.05) is 13.8 Å². The van der Waals surface area contributed by atoms with E-state index >= 15 is 0 Å². The Bertz CT molecular complexity index is 770. The molecule has 0 unspecified atom stereocenters. The van der Waals surface area contributed by atoms with E-state index in [9.17, 15) is 30.6 Å². The van der Waals surface area contributed by atoms with Gasteiger partial charge in [-0.3, -0.25) is 0 Å². The number of hydrogen-bond donors (Lipinski definition) is 6. The van der Waals surface area contributed by atoms with Crippen LogP contribution < -0.4 is 0 Å². The van der Waals surface area contributed by atoms with Crippen molar-refractivity contribution in [2.45, 2.75) is 115 Å². The van der Waals surface area contributed by atoms with Gasteiger partial charge in [0.1, 0.15) is 11.2 Å². The zero-order valence-electron chi connectivity index (χ0n) is 20.9. The second-order valence-electron chi connectivity index (χ2n) is 12.6. The van der Waals surface area contributed by atoms with Crippen molar-refractivity contribution in [1.29, 1.82) is 0 Å². The lowest BCUT2D eigenvalue weighted by molar-refractivity contribution is -0.330. The molecule has 0 aliphatic heterocycles. The van der Waals surface area contributed by atoms with E-state index < -0.39 is 34.9 Å². The second-order valence-corrected chi connectivity index (χ2v) is 12.6. The van der Waals surface area contributed by atoms with Gasteiger partial charge in [-0.15, -0.1) is 0 Å². The molecule has 6 heteroatoms. The average Bonchev–Trinajstić information content (AvgIpc) is 2.97. The Labute approximate surface area is 198 Å². The van der Waals surface area contributed by atoms with E-state index in [2.05, 4.69) is 19.9 Å². The SMILES string of the molecule is C/C(=C/CC[C@@H](C)[C@H]1C[C@@H](O)[C@@]2(O)[C@]1(C)CC[C@H]1[C@@]3(C)CC[C@H](O)C[C@@H]3[C@@H](O)C[C@]12O)CO. The Kier molecular flexibility index (Phi) is 6.64. The van der Waals surface area contributed by atoms with Gasteiger partial charge < -0.3 is 30.6 Å². The van der Waals surface area contributed by atoms with Crippen molar-refractivity contribution >= 4 is 0 Å². The third-order valence-corrected chi connectivity index (χ3v) is 11.1. The maximum absolute atomic E-state index is 12.3. The lowest BCUT2D eigenvalue weighted by Gasteiger charge is -2.68. The highest BCUT2D eigenvalue weighted by Gasteiger charge is 2.78. The third-order valence-electron chi connectivity index (χ3n) is 11.1. The van der Waals surface area contributed by atoms with Crippen LogP contribution >= 0.6 is 0 Å². The van der Waals surface area contributed by atoms with Gasteiger partial charge >= 0.3 is 0 Å². The van der Waals surface area contributed by atoms with Crippen LogP contribution in [0.2, 0.25) is 0 Å². The first kappa shape index (κ1) is 25.6. The van der Waals surface area contributed by atoms with Crippen molar-refractivity contribution in [2.24, 2.45) is 34.5 Å². The number of aliphatic hydroxyl groups is 6. The minimum atomic E-state index is -1.68. The van der Waals surface area contributed by atoms with E-state index in [0.29, 0.717) is 25.7 Å². The third kappa shape index (κ3) is 3.50. The Morgan fingerprint density at radius 3 is 2.42 bits per heavy atom. The Hall–Kier alpha value is -0.500. The van der Waals surface area contributed by atoms with Crippen LogP contribution in [0.3, 0.4) is 0 Å². The second kappa shape index (κ2) is 8.56. The molecule has 33 heavy (non-hydrogen) atoms. The highest BCUT2D eigenvalue weighted by atomic mass is 16.4. The van der Waals surface area contributed by atoms with Gasteiger partial charge in [-0.1, -0.05) is 32.4 Å². The molecule has 4 aliphatic carbocycles. The number of aliphatic hydroxyl groups excluding tert-OH is 4. The van der Waals surface area contributed by atoms with Gasteiger partial charge in [0, 0.05) is 11.8 Å². The molecule has 0 saturated heterocycles. The molecular formula is C27H46O6. The van der Waals surface area contributed by atoms with Crippen LogP contribution in [0, 0.1) is 34.5 Å². The first-order chi connectivity index (χ1) is 15.3. The Morgan fingerprint density at radius 2 is 1.76 bits per heavy atom. The molecule has 0 aromatic rings. The van der Waals surface area contributed by atoms with Crippen molar-refractivity contribution in [3.05, 3.63) is 11.6 Å². The van der Waals surface area contributed by atoms with Crippen LogP contribution in [0.1, 0.15) is 85.5 Å². The molecule has 11 atom stereocenters. The van der Waals surface area contributed by atoms with Gasteiger partial charge in [-0.25, -0.2) is 0 Å². The summed E-state index contributed by atoms with van der Waals surface area (Å²) in [6.07, 6.45) is 5.37. The molecule has 0 spiro atoms. The number of hydrogen-bond acceptors (Lipinski definition) is 6. The first-order valence-electron chi connectivity index (χ1n) is 13.1. The van der Waals surface area contributed by atoms with Crippen molar-refractivity contribution in [1.82, 2.24) is 0 Å². The van der Waals surface area contributed by atoms with Gasteiger partial charge in [0.25, 0.3) is 0 Å². The van der Waals surface area contributed by atoms with Gasteiger partial charge in [-0.2, -0.15) is 0 Å². The maximum Gasteiger partial charge on any atom is 0.125 e. The topological polar surface area (TPSA) is 121 Å². The average molecular weight is 467 g/mol. The summed E-state index contributed by atoms with van der Waals surface area (Å²) < 4.78 is 0. The Morgan fingerprint density at radius 1 is 1.06 bits per heavy atom. The van der Waals surface area contributed by atoms with Crippen molar-refractivity contribution < 1.29 is 30.6 Å². The van der Waals surface area contributed by atoms with Crippen LogP contribution in [0.25, 0.3) is 0 Å². The molecule has 0 bridgehead atoms.